The molecule has 0 aliphatic carbocycles. The van der Waals surface area contributed by atoms with Gasteiger partial charge in [0.25, 0.3) is 11.8 Å². The lowest BCUT2D eigenvalue weighted by Gasteiger charge is -2.15. The zero-order valence-electron chi connectivity index (χ0n) is 22.6. The van der Waals surface area contributed by atoms with Crippen LogP contribution in [0.25, 0.3) is 11.1 Å². The molecule has 2 amide bonds. The van der Waals surface area contributed by atoms with Gasteiger partial charge in [-0.2, -0.15) is 0 Å². The van der Waals surface area contributed by atoms with Crippen LogP contribution >= 0.6 is 34.3 Å². The Morgan fingerprint density at radius 3 is 1.52 bits per heavy atom. The minimum atomic E-state index is -0.636. The molecule has 2 aromatic heterocycles. The molecule has 0 bridgehead atoms. The lowest BCUT2D eigenvalue weighted by Crippen LogP contribution is -2.31. The van der Waals surface area contributed by atoms with Gasteiger partial charge in [0.1, 0.15) is 11.1 Å². The highest BCUT2D eigenvalue weighted by Gasteiger charge is 2.45. The summed E-state index contributed by atoms with van der Waals surface area (Å²) in [5.41, 5.74) is 0.652. The summed E-state index contributed by atoms with van der Waals surface area (Å²) in [6.45, 7) is 7.06. The molecule has 0 saturated carbocycles. The number of carbonyl (C=O) groups is 4. The summed E-state index contributed by atoms with van der Waals surface area (Å²) in [5, 5.41) is 0.431. The van der Waals surface area contributed by atoms with Crippen LogP contribution in [0.3, 0.4) is 0 Å². The van der Waals surface area contributed by atoms with E-state index in [4.69, 9.17) is 30.5 Å². The first kappa shape index (κ1) is 29.3. The first-order chi connectivity index (χ1) is 19.1. The summed E-state index contributed by atoms with van der Waals surface area (Å²) in [6.07, 6.45) is 0. The SMILES string of the molecule is CCOC(=O)c1c(C)sc(C2=C(c3sc(C)c(C(=O)OCC)c3OC)C(=O)N(c3ccc(Cl)cc3)C2=O)c1OC. The van der Waals surface area contributed by atoms with Crippen molar-refractivity contribution in [3.63, 3.8) is 0 Å². The maximum atomic E-state index is 14.1. The summed E-state index contributed by atoms with van der Waals surface area (Å²) in [7, 11) is 2.75. The fraction of sp³-hybridized carbons (Fsp3) is 0.286. The second kappa shape index (κ2) is 11.8. The van der Waals surface area contributed by atoms with E-state index in [2.05, 4.69) is 0 Å². The number of ether oxygens (including phenoxy) is 4. The van der Waals surface area contributed by atoms with E-state index in [9.17, 15) is 19.2 Å². The molecule has 3 aromatic rings. The van der Waals surface area contributed by atoms with Crippen molar-refractivity contribution < 1.29 is 38.1 Å². The van der Waals surface area contributed by atoms with Crippen molar-refractivity contribution in [2.24, 2.45) is 0 Å². The molecular formula is C28H26ClNO8S2. The number of rotatable bonds is 9. The molecule has 12 heteroatoms. The molecule has 1 aromatic carbocycles. The molecule has 210 valence electrons. The van der Waals surface area contributed by atoms with Gasteiger partial charge in [0.05, 0.1) is 54.0 Å². The highest BCUT2D eigenvalue weighted by atomic mass is 35.5. The van der Waals surface area contributed by atoms with Crippen LogP contribution in [0.1, 0.15) is 54.1 Å². The number of hydrogen-bond donors (Lipinski definition) is 0. The number of carbonyl (C=O) groups excluding carboxylic acids is 4. The Hall–Kier alpha value is -3.67. The van der Waals surface area contributed by atoms with Gasteiger partial charge in [-0.3, -0.25) is 9.59 Å². The van der Waals surface area contributed by atoms with Gasteiger partial charge in [-0.15, -0.1) is 22.7 Å². The number of methoxy groups -OCH3 is 2. The number of nitrogens with zero attached hydrogens (tertiary/aromatic N) is 1. The monoisotopic (exact) mass is 603 g/mol. The molecule has 0 N–H and O–H groups in total. The van der Waals surface area contributed by atoms with E-state index in [0.717, 1.165) is 27.6 Å². The highest BCUT2D eigenvalue weighted by Crippen LogP contribution is 2.51. The third-order valence-corrected chi connectivity index (χ3v) is 8.53. The van der Waals surface area contributed by atoms with Crippen LogP contribution in [0.5, 0.6) is 11.5 Å². The molecule has 1 aliphatic rings. The average Bonchev–Trinajstić information content (AvgIpc) is 3.51. The summed E-state index contributed by atoms with van der Waals surface area (Å²) < 4.78 is 21.7. The van der Waals surface area contributed by atoms with Crippen molar-refractivity contribution in [3.05, 3.63) is 59.9 Å². The van der Waals surface area contributed by atoms with Gasteiger partial charge in [-0.1, -0.05) is 11.6 Å². The minimum Gasteiger partial charge on any atom is -0.494 e. The van der Waals surface area contributed by atoms with Crippen LogP contribution in [0, 0.1) is 13.8 Å². The predicted molar refractivity (Wildman–Crippen MR) is 154 cm³/mol. The molecule has 0 saturated heterocycles. The van der Waals surface area contributed by atoms with Crippen LogP contribution in [0.15, 0.2) is 24.3 Å². The molecule has 0 atom stereocenters. The third-order valence-electron chi connectivity index (χ3n) is 6.07. The van der Waals surface area contributed by atoms with Crippen molar-refractivity contribution in [2.45, 2.75) is 27.7 Å². The number of anilines is 1. The van der Waals surface area contributed by atoms with E-state index in [-0.39, 0.29) is 56.7 Å². The first-order valence-electron chi connectivity index (χ1n) is 12.2. The van der Waals surface area contributed by atoms with Gasteiger partial charge in [-0.05, 0) is 52.0 Å². The standard InChI is InChI=1S/C28H26ClNO8S2/c1-7-37-27(33)17-13(3)39-23(21(17)35-5)19-20(24-22(36-6)18(14(4)40-24)28(34)38-8-2)26(32)30(25(19)31)16-11-9-15(29)10-12-16/h9-12H,7-8H2,1-6H3. The molecule has 3 heterocycles. The number of amides is 2. The van der Waals surface area contributed by atoms with Crippen molar-refractivity contribution in [1.29, 1.82) is 0 Å². The van der Waals surface area contributed by atoms with Gasteiger partial charge in [0.15, 0.2) is 11.5 Å². The van der Waals surface area contributed by atoms with Gasteiger partial charge in [0, 0.05) is 14.8 Å². The summed E-state index contributed by atoms with van der Waals surface area (Å²) >= 11 is 8.31. The van der Waals surface area contributed by atoms with Crippen molar-refractivity contribution >= 4 is 74.9 Å². The summed E-state index contributed by atoms with van der Waals surface area (Å²) in [5.74, 6) is -2.26. The van der Waals surface area contributed by atoms with E-state index < -0.39 is 23.8 Å². The van der Waals surface area contributed by atoms with Crippen LogP contribution in [-0.4, -0.2) is 51.2 Å². The highest BCUT2D eigenvalue weighted by molar-refractivity contribution is 7.16. The zero-order valence-corrected chi connectivity index (χ0v) is 25.0. The Kier molecular flexibility index (Phi) is 8.67. The second-order valence-corrected chi connectivity index (χ2v) is 11.3. The van der Waals surface area contributed by atoms with Crippen LogP contribution < -0.4 is 14.4 Å². The zero-order chi connectivity index (χ0) is 29.3. The number of thiophene rings is 2. The Morgan fingerprint density at radius 2 is 1.18 bits per heavy atom. The van der Waals surface area contributed by atoms with Gasteiger partial charge >= 0.3 is 11.9 Å². The van der Waals surface area contributed by atoms with Crippen molar-refractivity contribution in [3.8, 4) is 11.5 Å². The number of benzene rings is 1. The topological polar surface area (TPSA) is 108 Å². The Labute approximate surface area is 243 Å². The molecule has 0 unspecified atom stereocenters. The van der Waals surface area contributed by atoms with E-state index >= 15 is 0 Å². The van der Waals surface area contributed by atoms with Crippen molar-refractivity contribution in [2.75, 3.05) is 32.3 Å². The number of hydrogen-bond acceptors (Lipinski definition) is 10. The van der Waals surface area contributed by atoms with E-state index in [0.29, 0.717) is 20.5 Å². The molecule has 0 spiro atoms. The number of aryl methyl sites for hydroxylation is 2. The third kappa shape index (κ3) is 4.89. The smallest absolute Gasteiger partial charge is 0.343 e. The average molecular weight is 604 g/mol. The van der Waals surface area contributed by atoms with Crippen LogP contribution in [-0.2, 0) is 19.1 Å². The maximum absolute atomic E-state index is 14.1. The van der Waals surface area contributed by atoms with Gasteiger partial charge < -0.3 is 18.9 Å². The van der Waals surface area contributed by atoms with Gasteiger partial charge in [-0.25, -0.2) is 14.5 Å². The van der Waals surface area contributed by atoms with Crippen molar-refractivity contribution in [1.82, 2.24) is 0 Å². The predicted octanol–water partition coefficient (Wildman–Crippen LogP) is 5.93. The second-order valence-electron chi connectivity index (χ2n) is 8.40. The quantitative estimate of drug-likeness (QED) is 0.219. The first-order valence-corrected chi connectivity index (χ1v) is 14.2. The Bertz CT molecular complexity index is 1460. The Balaban J connectivity index is 2.05. The molecular weight excluding hydrogens is 578 g/mol. The van der Waals surface area contributed by atoms with E-state index in [1.54, 1.807) is 52.0 Å². The fourth-order valence-electron chi connectivity index (χ4n) is 4.42. The summed E-state index contributed by atoms with van der Waals surface area (Å²) in [4.78, 5) is 56.5. The van der Waals surface area contributed by atoms with Crippen LogP contribution in [0.4, 0.5) is 5.69 Å². The summed E-state index contributed by atoms with van der Waals surface area (Å²) in [6, 6.07) is 6.25. The lowest BCUT2D eigenvalue weighted by molar-refractivity contribution is -0.119. The van der Waals surface area contributed by atoms with Gasteiger partial charge in [0.2, 0.25) is 0 Å². The lowest BCUT2D eigenvalue weighted by atomic mass is 10.0. The fourth-order valence-corrected chi connectivity index (χ4v) is 6.86. The molecule has 1 aliphatic heterocycles. The van der Waals surface area contributed by atoms with E-state index in [1.807, 2.05) is 0 Å². The van der Waals surface area contributed by atoms with E-state index in [1.165, 1.54) is 14.2 Å². The number of esters is 2. The Morgan fingerprint density at radius 1 is 0.775 bits per heavy atom. The molecule has 9 nitrogen and oxygen atoms in total. The minimum absolute atomic E-state index is 0.00964. The number of imide groups is 1. The maximum Gasteiger partial charge on any atom is 0.343 e. The molecule has 40 heavy (non-hydrogen) atoms. The normalized spacial score (nSPS) is 13.2. The largest absolute Gasteiger partial charge is 0.494 e. The molecule has 0 radical (unpaired) electrons. The molecule has 0 fully saturated rings. The molecule has 4 rings (SSSR count). The number of halogens is 1. The van der Waals surface area contributed by atoms with Crippen LogP contribution in [0.2, 0.25) is 5.02 Å².